The molecule has 0 radical (unpaired) electrons. The van der Waals surface area contributed by atoms with Crippen molar-refractivity contribution in [2.45, 2.75) is 51.6 Å². The number of halogens is 2. The fraction of sp³-hybridized carbons (Fsp3) is 0.688. The number of methoxy groups -OCH3 is 1. The lowest BCUT2D eigenvalue weighted by molar-refractivity contribution is -0.147. The van der Waals surface area contributed by atoms with Gasteiger partial charge in [-0.2, -0.15) is 0 Å². The molecule has 0 amide bonds. The summed E-state index contributed by atoms with van der Waals surface area (Å²) in [6, 6.07) is 0. The van der Waals surface area contributed by atoms with Crippen LogP contribution in [0.25, 0.3) is 0 Å². The van der Waals surface area contributed by atoms with E-state index in [1.54, 1.807) is 0 Å². The second-order valence-electron chi connectivity index (χ2n) is 5.99. The molecule has 2 aliphatic rings. The number of ether oxygens (including phenoxy) is 2. The van der Waals surface area contributed by atoms with Crippen LogP contribution in [0.4, 0.5) is 0 Å². The molecular formula is C16H22Cl2O3. The minimum absolute atomic E-state index is 0.0230. The Hall–Kier alpha value is -0.670. The van der Waals surface area contributed by atoms with Crippen LogP contribution < -0.4 is 0 Å². The molecule has 3 nitrogen and oxygen atoms in total. The number of carbonyl (C=O) groups is 1. The Bertz CT molecular complexity index is 448. The highest BCUT2D eigenvalue weighted by Crippen LogP contribution is 2.34. The van der Waals surface area contributed by atoms with Crippen LogP contribution in [0, 0.1) is 11.8 Å². The van der Waals surface area contributed by atoms with E-state index < -0.39 is 0 Å². The summed E-state index contributed by atoms with van der Waals surface area (Å²) in [5, 5.41) is 1.29. The predicted molar refractivity (Wildman–Crippen MR) is 84.1 cm³/mol. The van der Waals surface area contributed by atoms with Crippen molar-refractivity contribution in [1.29, 1.82) is 0 Å². The molecule has 0 aromatic rings. The fourth-order valence-electron chi connectivity index (χ4n) is 2.98. The molecule has 21 heavy (non-hydrogen) atoms. The Kier molecular flexibility index (Phi) is 6.00. The molecule has 0 unspecified atom stereocenters. The molecule has 0 aromatic heterocycles. The van der Waals surface area contributed by atoms with Crippen LogP contribution >= 0.6 is 23.2 Å². The van der Waals surface area contributed by atoms with Gasteiger partial charge in [0.2, 0.25) is 0 Å². The lowest BCUT2D eigenvalue weighted by Gasteiger charge is -2.28. The van der Waals surface area contributed by atoms with E-state index in [-0.39, 0.29) is 18.0 Å². The van der Waals surface area contributed by atoms with Crippen LogP contribution in [-0.4, -0.2) is 19.2 Å². The second kappa shape index (κ2) is 7.55. The van der Waals surface area contributed by atoms with Crippen LogP contribution in [-0.2, 0) is 14.3 Å². The summed E-state index contributed by atoms with van der Waals surface area (Å²) >= 11 is 12.3. The average molecular weight is 333 g/mol. The van der Waals surface area contributed by atoms with Gasteiger partial charge in [0, 0.05) is 11.5 Å². The van der Waals surface area contributed by atoms with Gasteiger partial charge >= 0.3 is 5.97 Å². The van der Waals surface area contributed by atoms with E-state index in [0.29, 0.717) is 16.0 Å². The van der Waals surface area contributed by atoms with E-state index in [1.807, 2.05) is 6.08 Å². The monoisotopic (exact) mass is 332 g/mol. The quantitative estimate of drug-likeness (QED) is 0.700. The van der Waals surface area contributed by atoms with Crippen LogP contribution in [0.2, 0.25) is 0 Å². The van der Waals surface area contributed by atoms with Gasteiger partial charge in [-0.3, -0.25) is 4.79 Å². The number of rotatable bonds is 3. The van der Waals surface area contributed by atoms with Gasteiger partial charge in [-0.15, -0.1) is 0 Å². The van der Waals surface area contributed by atoms with E-state index in [2.05, 4.69) is 6.92 Å². The van der Waals surface area contributed by atoms with Crippen LogP contribution in [0.5, 0.6) is 0 Å². The maximum atomic E-state index is 11.5. The van der Waals surface area contributed by atoms with Crippen molar-refractivity contribution in [2.75, 3.05) is 7.11 Å². The molecule has 0 N–H and O–H groups in total. The molecule has 0 aromatic carbocycles. The van der Waals surface area contributed by atoms with Crippen molar-refractivity contribution in [1.82, 2.24) is 0 Å². The zero-order chi connectivity index (χ0) is 15.4. The van der Waals surface area contributed by atoms with Gasteiger partial charge in [-0.25, -0.2) is 0 Å². The van der Waals surface area contributed by atoms with Gasteiger partial charge in [-0.1, -0.05) is 30.1 Å². The third kappa shape index (κ3) is 4.65. The summed E-state index contributed by atoms with van der Waals surface area (Å²) in [4.78, 5) is 11.5. The fourth-order valence-corrected chi connectivity index (χ4v) is 3.49. The molecule has 1 atom stereocenters. The zero-order valence-corrected chi connectivity index (χ0v) is 14.0. The normalized spacial score (nSPS) is 30.5. The van der Waals surface area contributed by atoms with Gasteiger partial charge < -0.3 is 9.47 Å². The number of hydrogen-bond donors (Lipinski definition) is 0. The molecule has 0 saturated heterocycles. The van der Waals surface area contributed by atoms with Gasteiger partial charge in [-0.05, 0) is 44.1 Å². The van der Waals surface area contributed by atoms with Gasteiger partial charge in [0.1, 0.15) is 0 Å². The molecule has 2 rings (SSSR count). The summed E-state index contributed by atoms with van der Waals surface area (Å²) < 4.78 is 10.9. The number of carbonyl (C=O) groups excluding carboxylic acids is 1. The maximum Gasteiger partial charge on any atom is 0.308 e. The summed E-state index contributed by atoms with van der Waals surface area (Å²) in [5.41, 5.74) is 0. The third-order valence-corrected chi connectivity index (χ3v) is 4.94. The Balaban J connectivity index is 1.91. The molecule has 0 aliphatic heterocycles. The van der Waals surface area contributed by atoms with Crippen molar-refractivity contribution in [3.05, 3.63) is 21.9 Å². The molecular weight excluding hydrogens is 311 g/mol. The van der Waals surface area contributed by atoms with Gasteiger partial charge in [0.05, 0.1) is 29.9 Å². The smallest absolute Gasteiger partial charge is 0.308 e. The Morgan fingerprint density at radius 2 is 1.86 bits per heavy atom. The van der Waals surface area contributed by atoms with Gasteiger partial charge in [0.15, 0.2) is 0 Å². The Morgan fingerprint density at radius 1 is 1.19 bits per heavy atom. The Labute approximate surface area is 136 Å². The van der Waals surface area contributed by atoms with E-state index >= 15 is 0 Å². The molecule has 0 bridgehead atoms. The van der Waals surface area contributed by atoms with Gasteiger partial charge in [0.25, 0.3) is 0 Å². The standard InChI is InChI=1S/C16H22Cl2O3/c1-10-7-13(9-15(18)14(17)8-10)21-12-5-3-11(4-6-12)16(19)20-2/h9-12H,3-8H2,1-2H3/t10-,11?,12?/m1/s1. The van der Waals surface area contributed by atoms with Crippen LogP contribution in [0.15, 0.2) is 21.9 Å². The summed E-state index contributed by atoms with van der Waals surface area (Å²) in [6.07, 6.45) is 7.05. The molecule has 118 valence electrons. The SMILES string of the molecule is COC(=O)C1CCC(OC2=CC(Cl)=C(Cl)C[C@H](C)C2)CC1. The van der Waals surface area contributed by atoms with Crippen LogP contribution in [0.3, 0.4) is 0 Å². The second-order valence-corrected chi connectivity index (χ2v) is 6.85. The number of esters is 1. The third-order valence-electron chi connectivity index (χ3n) is 4.15. The first kappa shape index (κ1) is 16.7. The summed E-state index contributed by atoms with van der Waals surface area (Å²) in [5.74, 6) is 1.25. The average Bonchev–Trinajstić information content (AvgIpc) is 2.57. The van der Waals surface area contributed by atoms with Crippen molar-refractivity contribution in [3.8, 4) is 0 Å². The topological polar surface area (TPSA) is 35.5 Å². The highest BCUT2D eigenvalue weighted by atomic mass is 35.5. The van der Waals surface area contributed by atoms with Crippen molar-refractivity contribution < 1.29 is 14.3 Å². The van der Waals surface area contributed by atoms with E-state index in [0.717, 1.165) is 44.3 Å². The summed E-state index contributed by atoms with van der Waals surface area (Å²) in [6.45, 7) is 2.14. The maximum absolute atomic E-state index is 11.5. The lowest BCUT2D eigenvalue weighted by Crippen LogP contribution is -2.27. The highest BCUT2D eigenvalue weighted by Gasteiger charge is 2.28. The Morgan fingerprint density at radius 3 is 2.48 bits per heavy atom. The van der Waals surface area contributed by atoms with E-state index in [1.165, 1.54) is 7.11 Å². The zero-order valence-electron chi connectivity index (χ0n) is 12.5. The summed E-state index contributed by atoms with van der Waals surface area (Å²) in [7, 11) is 1.45. The number of hydrogen-bond acceptors (Lipinski definition) is 3. The molecule has 1 saturated carbocycles. The lowest BCUT2D eigenvalue weighted by atomic mass is 9.87. The molecule has 0 heterocycles. The van der Waals surface area contributed by atoms with Crippen LogP contribution in [0.1, 0.15) is 45.4 Å². The first-order valence-electron chi connectivity index (χ1n) is 7.48. The molecule has 5 heteroatoms. The predicted octanol–water partition coefficient (Wildman–Crippen LogP) is 4.74. The molecule has 0 spiro atoms. The van der Waals surface area contributed by atoms with Crippen molar-refractivity contribution in [2.24, 2.45) is 11.8 Å². The molecule has 2 aliphatic carbocycles. The van der Waals surface area contributed by atoms with Crippen molar-refractivity contribution in [3.63, 3.8) is 0 Å². The van der Waals surface area contributed by atoms with Crippen molar-refractivity contribution >= 4 is 29.2 Å². The first-order valence-corrected chi connectivity index (χ1v) is 8.24. The van der Waals surface area contributed by atoms with E-state index in [4.69, 9.17) is 32.7 Å². The minimum atomic E-state index is -0.103. The molecule has 1 fully saturated rings. The number of allylic oxidation sites excluding steroid dienone is 4. The van der Waals surface area contributed by atoms with E-state index in [9.17, 15) is 4.79 Å². The largest absolute Gasteiger partial charge is 0.495 e. The highest BCUT2D eigenvalue weighted by molar-refractivity contribution is 6.40. The minimum Gasteiger partial charge on any atom is -0.495 e. The first-order chi connectivity index (χ1) is 9.99.